The van der Waals surface area contributed by atoms with Crippen molar-refractivity contribution in [2.45, 2.75) is 6.54 Å². The van der Waals surface area contributed by atoms with Gasteiger partial charge in [0.25, 0.3) is 0 Å². The van der Waals surface area contributed by atoms with E-state index in [2.05, 4.69) is 0 Å². The van der Waals surface area contributed by atoms with Gasteiger partial charge in [0.1, 0.15) is 18.4 Å². The lowest BCUT2D eigenvalue weighted by atomic mass is 10.1. The van der Waals surface area contributed by atoms with Gasteiger partial charge in [-0.3, -0.25) is 10.5 Å². The number of hydrogen-bond acceptors (Lipinski definition) is 2. The van der Waals surface area contributed by atoms with Crippen LogP contribution in [0.1, 0.15) is 10.4 Å². The maximum atomic E-state index is 12.5. The Kier molecular flexibility index (Phi) is 4.60. The van der Waals surface area contributed by atoms with E-state index >= 15 is 0 Å². The molecule has 2 N–H and O–H groups in total. The number of rotatable bonds is 4. The monoisotopic (exact) mass is 360 g/mol. The molecule has 0 aliphatic carbocycles. The van der Waals surface area contributed by atoms with E-state index in [-0.39, 0.29) is 12.3 Å². The quantitative estimate of drug-likeness (QED) is 0.568. The maximum Gasteiger partial charge on any atom is 0.355 e. The first-order valence-electron chi connectivity index (χ1n) is 7.35. The second kappa shape index (κ2) is 6.67. The van der Waals surface area contributed by atoms with Gasteiger partial charge in [-0.25, -0.2) is 9.13 Å². The molecule has 0 bridgehead atoms. The Morgan fingerprint density at radius 1 is 1.12 bits per heavy atom. The van der Waals surface area contributed by atoms with Crippen LogP contribution >= 0.6 is 23.2 Å². The van der Waals surface area contributed by atoms with E-state index < -0.39 is 0 Å². The van der Waals surface area contributed by atoms with Crippen molar-refractivity contribution >= 4 is 34.9 Å². The van der Waals surface area contributed by atoms with Gasteiger partial charge in [-0.2, -0.15) is 0 Å². The van der Waals surface area contributed by atoms with Crippen LogP contribution in [0.2, 0.25) is 10.0 Å². The number of anilines is 1. The highest BCUT2D eigenvalue weighted by Crippen LogP contribution is 2.23. The molecule has 3 aromatic rings. The standard InChI is InChI=1S/C18H15Cl2N3O/c1-22-16(12-5-3-2-4-6-12)10-23(18(22)21)11-17(24)13-7-8-14(19)15(20)9-13/h2-10,21H,11H2,1H3/p+1. The largest absolute Gasteiger partial charge is 0.355 e. The number of hydrogen-bond donors (Lipinski definition) is 1. The second-order valence-corrected chi connectivity index (χ2v) is 6.29. The Bertz CT molecular complexity index is 904. The number of nitrogens with zero attached hydrogens (tertiary/aromatic N) is 2. The van der Waals surface area contributed by atoms with Gasteiger partial charge in [-0.15, -0.1) is 0 Å². The molecule has 3 rings (SSSR count). The third-order valence-corrected chi connectivity index (χ3v) is 4.64. The van der Waals surface area contributed by atoms with Gasteiger partial charge in [-0.05, 0) is 18.2 Å². The van der Waals surface area contributed by atoms with E-state index in [1.54, 1.807) is 22.8 Å². The Morgan fingerprint density at radius 2 is 1.83 bits per heavy atom. The maximum absolute atomic E-state index is 12.5. The molecule has 2 aromatic carbocycles. The number of Topliss-reactive ketones (excluding diaryl/α,β-unsaturated/α-hetero) is 1. The third-order valence-electron chi connectivity index (χ3n) is 3.90. The molecule has 24 heavy (non-hydrogen) atoms. The Morgan fingerprint density at radius 3 is 2.50 bits per heavy atom. The van der Waals surface area contributed by atoms with E-state index in [0.29, 0.717) is 21.6 Å². The summed E-state index contributed by atoms with van der Waals surface area (Å²) in [6.07, 6.45) is 1.88. The zero-order chi connectivity index (χ0) is 17.3. The topological polar surface area (TPSA) is 51.9 Å². The number of nitrogen functional groups attached to an aromatic ring is 1. The SMILES string of the molecule is Cn1c(-c2ccccc2)c[n+](CC(=O)c2ccc(Cl)c(Cl)c2)c1N. The summed E-state index contributed by atoms with van der Waals surface area (Å²) in [7, 11) is 1.87. The number of ketones is 1. The van der Waals surface area contributed by atoms with E-state index in [9.17, 15) is 4.79 Å². The summed E-state index contributed by atoms with van der Waals surface area (Å²) in [5.74, 6) is 0.415. The van der Waals surface area contributed by atoms with Crippen LogP contribution < -0.4 is 10.3 Å². The number of benzene rings is 2. The molecule has 0 atom stereocenters. The van der Waals surface area contributed by atoms with E-state index in [4.69, 9.17) is 28.9 Å². The van der Waals surface area contributed by atoms with E-state index in [1.165, 1.54) is 0 Å². The number of aromatic nitrogens is 2. The van der Waals surface area contributed by atoms with Gasteiger partial charge in [0.2, 0.25) is 0 Å². The molecule has 1 aromatic heterocycles. The Balaban J connectivity index is 1.90. The fourth-order valence-corrected chi connectivity index (χ4v) is 2.83. The van der Waals surface area contributed by atoms with Crippen molar-refractivity contribution < 1.29 is 9.36 Å². The van der Waals surface area contributed by atoms with Gasteiger partial charge in [0.15, 0.2) is 5.78 Å². The molecular formula is C18H16Cl2N3O+. The molecule has 0 fully saturated rings. The van der Waals surface area contributed by atoms with Crippen LogP contribution in [0.5, 0.6) is 0 Å². The molecule has 0 saturated carbocycles. The number of carbonyl (C=O) groups excluding carboxylic acids is 1. The zero-order valence-electron chi connectivity index (χ0n) is 13.0. The highest BCUT2D eigenvalue weighted by molar-refractivity contribution is 6.42. The average Bonchev–Trinajstić information content (AvgIpc) is 2.86. The molecule has 0 unspecified atom stereocenters. The first-order valence-corrected chi connectivity index (χ1v) is 8.11. The fraction of sp³-hybridized carbons (Fsp3) is 0.111. The molecule has 0 spiro atoms. The highest BCUT2D eigenvalue weighted by Gasteiger charge is 2.20. The van der Waals surface area contributed by atoms with Crippen LogP contribution in [-0.2, 0) is 13.6 Å². The van der Waals surface area contributed by atoms with Crippen molar-refractivity contribution in [1.29, 1.82) is 0 Å². The second-order valence-electron chi connectivity index (χ2n) is 5.48. The van der Waals surface area contributed by atoms with E-state index in [1.807, 2.05) is 48.1 Å². The summed E-state index contributed by atoms with van der Waals surface area (Å²) in [5, 5.41) is 0.782. The molecular weight excluding hydrogens is 345 g/mol. The van der Waals surface area contributed by atoms with Crippen LogP contribution in [0.15, 0.2) is 54.7 Å². The minimum absolute atomic E-state index is 0.0875. The van der Waals surface area contributed by atoms with Gasteiger partial charge in [0, 0.05) is 11.1 Å². The molecule has 6 heteroatoms. The van der Waals surface area contributed by atoms with Crippen molar-refractivity contribution in [3.8, 4) is 11.3 Å². The summed E-state index contributed by atoms with van der Waals surface area (Å²) in [6.45, 7) is 0.129. The lowest BCUT2D eigenvalue weighted by molar-refractivity contribution is -0.667. The van der Waals surface area contributed by atoms with Crippen LogP contribution in [0, 0.1) is 0 Å². The highest BCUT2D eigenvalue weighted by atomic mass is 35.5. The number of halogens is 2. The van der Waals surface area contributed by atoms with Crippen LogP contribution in [0.3, 0.4) is 0 Å². The summed E-state index contributed by atoms with van der Waals surface area (Å²) >= 11 is 11.9. The number of nitrogens with two attached hydrogens (primary N) is 1. The molecule has 0 aliphatic rings. The molecule has 0 aliphatic heterocycles. The summed E-state index contributed by atoms with van der Waals surface area (Å²) < 4.78 is 3.59. The van der Waals surface area contributed by atoms with Gasteiger partial charge in [0.05, 0.1) is 17.1 Å². The van der Waals surface area contributed by atoms with Gasteiger partial charge < -0.3 is 0 Å². The smallest absolute Gasteiger partial charge is 0.291 e. The predicted octanol–water partition coefficient (Wildman–Crippen LogP) is 3.75. The molecule has 0 radical (unpaired) electrons. The molecule has 122 valence electrons. The first kappa shape index (κ1) is 16.6. The predicted molar refractivity (Wildman–Crippen MR) is 96.2 cm³/mol. The van der Waals surface area contributed by atoms with Crippen LogP contribution in [0.4, 0.5) is 5.95 Å². The average molecular weight is 361 g/mol. The lowest BCUT2D eigenvalue weighted by Gasteiger charge is -2.02. The van der Waals surface area contributed by atoms with Gasteiger partial charge in [-0.1, -0.05) is 53.5 Å². The zero-order valence-corrected chi connectivity index (χ0v) is 14.6. The molecule has 0 amide bonds. The number of carbonyl (C=O) groups is 1. The van der Waals surface area contributed by atoms with Crippen LogP contribution in [-0.4, -0.2) is 10.4 Å². The summed E-state index contributed by atoms with van der Waals surface area (Å²) in [6, 6.07) is 14.7. The summed E-state index contributed by atoms with van der Waals surface area (Å²) in [5.41, 5.74) is 8.62. The molecule has 1 heterocycles. The minimum Gasteiger partial charge on any atom is -0.291 e. The fourth-order valence-electron chi connectivity index (χ4n) is 2.54. The van der Waals surface area contributed by atoms with Crippen molar-refractivity contribution in [2.24, 2.45) is 7.05 Å². The van der Waals surface area contributed by atoms with Crippen molar-refractivity contribution in [2.75, 3.05) is 5.73 Å². The Hall–Kier alpha value is -2.30. The van der Waals surface area contributed by atoms with Crippen molar-refractivity contribution in [3.63, 3.8) is 0 Å². The summed E-state index contributed by atoms with van der Waals surface area (Å²) in [4.78, 5) is 12.5. The van der Waals surface area contributed by atoms with Gasteiger partial charge >= 0.3 is 5.95 Å². The van der Waals surface area contributed by atoms with E-state index in [0.717, 1.165) is 11.3 Å². The minimum atomic E-state index is -0.0875. The number of imidazole rings is 1. The normalized spacial score (nSPS) is 10.8. The van der Waals surface area contributed by atoms with Crippen molar-refractivity contribution in [1.82, 2.24) is 4.57 Å². The Labute approximate surface area is 150 Å². The first-order chi connectivity index (χ1) is 11.5. The molecule has 0 saturated heterocycles. The van der Waals surface area contributed by atoms with Crippen molar-refractivity contribution in [3.05, 3.63) is 70.3 Å². The third kappa shape index (κ3) is 3.16. The lowest BCUT2D eigenvalue weighted by Crippen LogP contribution is -2.39. The molecule has 4 nitrogen and oxygen atoms in total. The van der Waals surface area contributed by atoms with Crippen LogP contribution in [0.25, 0.3) is 11.3 Å².